The molecule has 5 aromatic rings. The second kappa shape index (κ2) is 7.41. The second-order valence-corrected chi connectivity index (χ2v) is 7.94. The van der Waals surface area contributed by atoms with E-state index in [0.29, 0.717) is 0 Å². The molecule has 2 heteroatoms. The highest BCUT2D eigenvalue weighted by Crippen LogP contribution is 2.24. The van der Waals surface area contributed by atoms with Gasteiger partial charge in [-0.2, -0.15) is 0 Å². The molecule has 6 rings (SSSR count). The molecule has 0 amide bonds. The van der Waals surface area contributed by atoms with E-state index in [-0.39, 0.29) is 0 Å². The van der Waals surface area contributed by atoms with Gasteiger partial charge >= 0.3 is 0 Å². The number of furan rings is 1. The van der Waals surface area contributed by atoms with Crippen LogP contribution in [0.15, 0.2) is 100 Å². The van der Waals surface area contributed by atoms with Crippen LogP contribution in [0.25, 0.3) is 33.4 Å². The SMILES string of the molecule is C(=Nc1ccc(C2=c3oc4ccccc4c3=CCC2)cc1)c1cccc2ccccc12. The maximum Gasteiger partial charge on any atom is 0.138 e. The van der Waals surface area contributed by atoms with Gasteiger partial charge in [-0.1, -0.05) is 78.9 Å². The van der Waals surface area contributed by atoms with Crippen molar-refractivity contribution in [1.82, 2.24) is 0 Å². The molecule has 0 fully saturated rings. The van der Waals surface area contributed by atoms with Gasteiger partial charge in [0.05, 0.1) is 5.69 Å². The van der Waals surface area contributed by atoms with Crippen LogP contribution in [-0.2, 0) is 0 Å². The van der Waals surface area contributed by atoms with Crippen molar-refractivity contribution < 1.29 is 4.42 Å². The zero-order valence-corrected chi connectivity index (χ0v) is 17.1. The molecule has 0 spiro atoms. The number of hydrogen-bond acceptors (Lipinski definition) is 2. The van der Waals surface area contributed by atoms with E-state index in [4.69, 9.17) is 9.41 Å². The summed E-state index contributed by atoms with van der Waals surface area (Å²) in [5.74, 6) is 0. The zero-order chi connectivity index (χ0) is 20.6. The summed E-state index contributed by atoms with van der Waals surface area (Å²) in [7, 11) is 0. The average molecular weight is 399 g/mol. The first-order valence-corrected chi connectivity index (χ1v) is 10.7. The van der Waals surface area contributed by atoms with Gasteiger partial charge in [-0.25, -0.2) is 0 Å². The minimum Gasteiger partial charge on any atom is -0.456 e. The van der Waals surface area contributed by atoms with Crippen molar-refractivity contribution in [3.05, 3.63) is 113 Å². The minimum absolute atomic E-state index is 0.949. The smallest absolute Gasteiger partial charge is 0.138 e. The Morgan fingerprint density at radius 2 is 1.52 bits per heavy atom. The van der Waals surface area contributed by atoms with E-state index in [2.05, 4.69) is 84.9 Å². The van der Waals surface area contributed by atoms with Crippen molar-refractivity contribution >= 4 is 45.3 Å². The van der Waals surface area contributed by atoms with Gasteiger partial charge in [-0.15, -0.1) is 0 Å². The van der Waals surface area contributed by atoms with Gasteiger partial charge in [0.15, 0.2) is 0 Å². The average Bonchev–Trinajstić information content (AvgIpc) is 3.22. The molecule has 1 aliphatic rings. The Balaban J connectivity index is 1.37. The third kappa shape index (κ3) is 3.17. The Hall–Kier alpha value is -3.91. The number of fused-ring (bicyclic) bond motifs is 4. The molecule has 148 valence electrons. The number of para-hydroxylation sites is 1. The van der Waals surface area contributed by atoms with E-state index < -0.39 is 0 Å². The Morgan fingerprint density at radius 1 is 0.742 bits per heavy atom. The highest BCUT2D eigenvalue weighted by molar-refractivity contribution is 6.00. The standard InChI is InChI=1S/C29H21NO/c1-2-10-24-20(7-1)8-5-9-22(24)19-30-23-17-15-21(16-18-23)25-12-6-13-27-26-11-3-4-14-28(26)31-29(25)27/h1-5,7-11,13-19H,6,12H2. The third-order valence-corrected chi connectivity index (χ3v) is 6.04. The van der Waals surface area contributed by atoms with E-state index in [0.717, 1.165) is 35.1 Å². The summed E-state index contributed by atoms with van der Waals surface area (Å²) in [5.41, 5.74) is 6.53. The summed E-state index contributed by atoms with van der Waals surface area (Å²) in [5, 5.41) is 4.88. The van der Waals surface area contributed by atoms with E-state index >= 15 is 0 Å². The first-order valence-electron chi connectivity index (χ1n) is 10.7. The summed E-state index contributed by atoms with van der Waals surface area (Å²) < 4.78 is 6.24. The molecule has 0 atom stereocenters. The van der Waals surface area contributed by atoms with Crippen LogP contribution in [0, 0.1) is 0 Å². The molecule has 1 heterocycles. The van der Waals surface area contributed by atoms with Crippen molar-refractivity contribution in [2.24, 2.45) is 4.99 Å². The van der Waals surface area contributed by atoms with Gasteiger partial charge in [0, 0.05) is 28.0 Å². The summed E-state index contributed by atoms with van der Waals surface area (Å²) in [6.07, 6.45) is 6.28. The lowest BCUT2D eigenvalue weighted by Gasteiger charge is -2.08. The number of rotatable bonds is 3. The van der Waals surface area contributed by atoms with E-state index in [1.807, 2.05) is 18.3 Å². The number of hydrogen-bond donors (Lipinski definition) is 0. The van der Waals surface area contributed by atoms with Crippen molar-refractivity contribution in [2.45, 2.75) is 12.8 Å². The first kappa shape index (κ1) is 17.9. The van der Waals surface area contributed by atoms with Gasteiger partial charge in [0.2, 0.25) is 0 Å². The number of nitrogens with zero attached hydrogens (tertiary/aromatic N) is 1. The topological polar surface area (TPSA) is 25.5 Å². The predicted molar refractivity (Wildman–Crippen MR) is 129 cm³/mol. The largest absolute Gasteiger partial charge is 0.456 e. The molecule has 0 saturated carbocycles. The Morgan fingerprint density at radius 3 is 2.42 bits per heavy atom. The molecule has 2 nitrogen and oxygen atoms in total. The van der Waals surface area contributed by atoms with Crippen LogP contribution in [0.2, 0.25) is 0 Å². The summed E-state index contributed by atoms with van der Waals surface area (Å²) in [6, 6.07) is 31.5. The first-order chi connectivity index (χ1) is 15.4. The van der Waals surface area contributed by atoms with Crippen LogP contribution in [0.5, 0.6) is 0 Å². The monoisotopic (exact) mass is 399 g/mol. The van der Waals surface area contributed by atoms with Crippen LogP contribution in [0.4, 0.5) is 5.69 Å². The van der Waals surface area contributed by atoms with Crippen LogP contribution >= 0.6 is 0 Å². The van der Waals surface area contributed by atoms with Crippen molar-refractivity contribution in [3.63, 3.8) is 0 Å². The molecule has 31 heavy (non-hydrogen) atoms. The van der Waals surface area contributed by atoms with E-state index in [9.17, 15) is 0 Å². The molecular weight excluding hydrogens is 378 g/mol. The van der Waals surface area contributed by atoms with Crippen molar-refractivity contribution in [2.75, 3.05) is 0 Å². The van der Waals surface area contributed by atoms with Crippen molar-refractivity contribution in [3.8, 4) is 0 Å². The fourth-order valence-electron chi connectivity index (χ4n) is 4.50. The Bertz CT molecular complexity index is 1560. The Kier molecular flexibility index (Phi) is 4.28. The molecule has 4 aromatic carbocycles. The molecule has 0 radical (unpaired) electrons. The predicted octanol–water partition coefficient (Wildman–Crippen LogP) is 6.11. The van der Waals surface area contributed by atoms with E-state index in [1.54, 1.807) is 0 Å². The quantitative estimate of drug-likeness (QED) is 0.336. The van der Waals surface area contributed by atoms with Gasteiger partial charge in [0.25, 0.3) is 0 Å². The number of aliphatic imine (C=N–C) groups is 1. The van der Waals surface area contributed by atoms with E-state index in [1.165, 1.54) is 32.5 Å². The Labute approximate surface area is 180 Å². The number of benzene rings is 4. The maximum absolute atomic E-state index is 6.24. The van der Waals surface area contributed by atoms with Gasteiger partial charge in [-0.05, 0) is 47.4 Å². The van der Waals surface area contributed by atoms with Crippen LogP contribution in [0.3, 0.4) is 0 Å². The zero-order valence-electron chi connectivity index (χ0n) is 17.1. The molecule has 1 aromatic heterocycles. The van der Waals surface area contributed by atoms with Crippen LogP contribution in [-0.4, -0.2) is 6.21 Å². The summed E-state index contributed by atoms with van der Waals surface area (Å²) in [6.45, 7) is 0. The lowest BCUT2D eigenvalue weighted by atomic mass is 9.96. The third-order valence-electron chi connectivity index (χ3n) is 6.04. The summed E-state index contributed by atoms with van der Waals surface area (Å²) >= 11 is 0. The maximum atomic E-state index is 6.24. The molecule has 0 bridgehead atoms. The highest BCUT2D eigenvalue weighted by Gasteiger charge is 2.13. The molecule has 0 N–H and O–H groups in total. The second-order valence-electron chi connectivity index (χ2n) is 7.94. The minimum atomic E-state index is 0.949. The van der Waals surface area contributed by atoms with Crippen molar-refractivity contribution in [1.29, 1.82) is 0 Å². The molecule has 0 saturated heterocycles. The molecule has 1 aliphatic carbocycles. The lowest BCUT2D eigenvalue weighted by Crippen LogP contribution is -2.26. The fourth-order valence-corrected chi connectivity index (χ4v) is 4.50. The molecule has 0 aliphatic heterocycles. The van der Waals surface area contributed by atoms with Crippen LogP contribution < -0.4 is 10.6 Å². The summed E-state index contributed by atoms with van der Waals surface area (Å²) in [4.78, 5) is 4.73. The highest BCUT2D eigenvalue weighted by atomic mass is 16.3. The van der Waals surface area contributed by atoms with Gasteiger partial charge < -0.3 is 4.42 Å². The molecule has 0 unspecified atom stereocenters. The normalized spacial score (nSPS) is 13.6. The molecular formula is C29H21NO. The lowest BCUT2D eigenvalue weighted by molar-refractivity contribution is 0.568. The van der Waals surface area contributed by atoms with Gasteiger partial charge in [-0.3, -0.25) is 4.99 Å². The van der Waals surface area contributed by atoms with Crippen LogP contribution in [0.1, 0.15) is 24.0 Å². The fraction of sp³-hybridized carbons (Fsp3) is 0.0690. The van der Waals surface area contributed by atoms with Gasteiger partial charge in [0.1, 0.15) is 11.0 Å².